The number of hydrogen-bond acceptors (Lipinski definition) is 3. The van der Waals surface area contributed by atoms with Crippen LogP contribution in [0.4, 0.5) is 0 Å². The molecule has 74 valence electrons. The van der Waals surface area contributed by atoms with Gasteiger partial charge in [0.1, 0.15) is 5.69 Å². The molecule has 5 heteroatoms. The molecule has 1 saturated heterocycles. The van der Waals surface area contributed by atoms with Crippen molar-refractivity contribution in [3.63, 3.8) is 0 Å². The highest BCUT2D eigenvalue weighted by molar-refractivity contribution is 5.57. The monoisotopic (exact) mass is 191 g/mol. The zero-order valence-corrected chi connectivity index (χ0v) is 7.93. The fourth-order valence-corrected chi connectivity index (χ4v) is 1.40. The predicted molar refractivity (Wildman–Crippen MR) is 54.7 cm³/mol. The van der Waals surface area contributed by atoms with Crippen LogP contribution in [0.1, 0.15) is 18.5 Å². The van der Waals surface area contributed by atoms with Crippen molar-refractivity contribution in [2.24, 2.45) is 4.99 Å². The lowest BCUT2D eigenvalue weighted by molar-refractivity contribution is 0.536. The Morgan fingerprint density at radius 2 is 2.29 bits per heavy atom. The molecule has 2 rings (SSSR count). The van der Waals surface area contributed by atoms with Crippen molar-refractivity contribution in [3.05, 3.63) is 18.1 Å². The van der Waals surface area contributed by atoms with Crippen LogP contribution in [0.5, 0.6) is 0 Å². The molecule has 1 aliphatic rings. The maximum Gasteiger partial charge on any atom is 0.107 e. The van der Waals surface area contributed by atoms with E-state index in [4.69, 9.17) is 0 Å². The number of aromatic amines is 1. The minimum atomic E-state index is 0.795. The van der Waals surface area contributed by atoms with Crippen molar-refractivity contribution in [2.45, 2.75) is 12.8 Å². The highest BCUT2D eigenvalue weighted by Gasteiger charge is 2.05. The van der Waals surface area contributed by atoms with Crippen molar-refractivity contribution < 1.29 is 0 Å². The Morgan fingerprint density at radius 1 is 1.43 bits per heavy atom. The molecule has 0 saturated carbocycles. The van der Waals surface area contributed by atoms with E-state index in [1.165, 1.54) is 12.8 Å². The molecule has 1 aliphatic heterocycles. The number of H-pyrrole nitrogens is 1. The largest absolute Gasteiger partial charge is 0.363 e. The zero-order chi connectivity index (χ0) is 9.64. The SMILES string of the molecule is C(=N/C=C\c1cn[nH]n1)N1CCCC1. The first-order chi connectivity index (χ1) is 6.95. The van der Waals surface area contributed by atoms with E-state index in [9.17, 15) is 0 Å². The first-order valence-electron chi connectivity index (χ1n) is 4.75. The number of nitrogens with zero attached hydrogens (tertiary/aromatic N) is 4. The van der Waals surface area contributed by atoms with Crippen molar-refractivity contribution in [3.8, 4) is 0 Å². The third-order valence-corrected chi connectivity index (χ3v) is 2.14. The minimum absolute atomic E-state index is 0.795. The van der Waals surface area contributed by atoms with Crippen LogP contribution >= 0.6 is 0 Å². The fourth-order valence-electron chi connectivity index (χ4n) is 1.40. The smallest absolute Gasteiger partial charge is 0.107 e. The van der Waals surface area contributed by atoms with E-state index in [-0.39, 0.29) is 0 Å². The second-order valence-corrected chi connectivity index (χ2v) is 3.22. The highest BCUT2D eigenvalue weighted by Crippen LogP contribution is 2.04. The Kier molecular flexibility index (Phi) is 2.90. The van der Waals surface area contributed by atoms with E-state index in [0.717, 1.165) is 18.8 Å². The number of aliphatic imine (C=N–C) groups is 1. The molecule has 0 atom stereocenters. The highest BCUT2D eigenvalue weighted by atomic mass is 15.3. The summed E-state index contributed by atoms with van der Waals surface area (Å²) in [7, 11) is 0. The van der Waals surface area contributed by atoms with E-state index >= 15 is 0 Å². The summed E-state index contributed by atoms with van der Waals surface area (Å²) in [6.07, 6.45) is 9.63. The van der Waals surface area contributed by atoms with Crippen molar-refractivity contribution in [1.29, 1.82) is 0 Å². The number of aromatic nitrogens is 3. The second kappa shape index (κ2) is 4.55. The third kappa shape index (κ3) is 2.42. The summed E-state index contributed by atoms with van der Waals surface area (Å²) in [4.78, 5) is 6.38. The van der Waals surface area contributed by atoms with Gasteiger partial charge in [-0.3, -0.25) is 0 Å². The molecule has 1 N–H and O–H groups in total. The van der Waals surface area contributed by atoms with Gasteiger partial charge in [-0.2, -0.15) is 15.4 Å². The molecule has 1 fully saturated rings. The first-order valence-corrected chi connectivity index (χ1v) is 4.75. The van der Waals surface area contributed by atoms with E-state index in [2.05, 4.69) is 25.3 Å². The molecule has 14 heavy (non-hydrogen) atoms. The average Bonchev–Trinajstić information content (AvgIpc) is 2.86. The molecule has 0 radical (unpaired) electrons. The molecule has 0 aromatic carbocycles. The van der Waals surface area contributed by atoms with E-state index in [1.807, 2.05) is 12.4 Å². The van der Waals surface area contributed by atoms with Gasteiger partial charge in [-0.15, -0.1) is 0 Å². The van der Waals surface area contributed by atoms with Crippen molar-refractivity contribution in [1.82, 2.24) is 20.3 Å². The molecule has 1 aromatic heterocycles. The van der Waals surface area contributed by atoms with Gasteiger partial charge in [0.05, 0.1) is 12.5 Å². The summed E-state index contributed by atoms with van der Waals surface area (Å²) in [6, 6.07) is 0. The standard InChI is InChI=1S/C9H13N5/c1-2-6-14(5-1)8-10-4-3-9-7-11-13-12-9/h3-4,7-8H,1-2,5-6H2,(H,11,12,13)/b4-3-,10-8?. The lowest BCUT2D eigenvalue weighted by atomic mass is 10.4. The van der Waals surface area contributed by atoms with Crippen LogP contribution in [0.25, 0.3) is 6.08 Å². The van der Waals surface area contributed by atoms with Crippen LogP contribution < -0.4 is 0 Å². The average molecular weight is 191 g/mol. The van der Waals surface area contributed by atoms with Gasteiger partial charge >= 0.3 is 0 Å². The van der Waals surface area contributed by atoms with Crippen LogP contribution in [0.3, 0.4) is 0 Å². The van der Waals surface area contributed by atoms with Gasteiger partial charge in [0.15, 0.2) is 0 Å². The minimum Gasteiger partial charge on any atom is -0.363 e. The first kappa shape index (κ1) is 8.93. The zero-order valence-electron chi connectivity index (χ0n) is 7.93. The van der Waals surface area contributed by atoms with Gasteiger partial charge in [0.2, 0.25) is 0 Å². The summed E-state index contributed by atoms with van der Waals surface area (Å²) in [5.74, 6) is 0. The Morgan fingerprint density at radius 3 is 3.00 bits per heavy atom. The number of rotatable bonds is 3. The maximum absolute atomic E-state index is 4.17. The van der Waals surface area contributed by atoms with Crippen molar-refractivity contribution in [2.75, 3.05) is 13.1 Å². The lowest BCUT2D eigenvalue weighted by Crippen LogP contribution is -2.15. The predicted octanol–water partition coefficient (Wildman–Crippen LogP) is 0.899. The summed E-state index contributed by atoms with van der Waals surface area (Å²) in [5.41, 5.74) is 0.795. The van der Waals surface area contributed by atoms with Gasteiger partial charge in [-0.25, -0.2) is 4.99 Å². The topological polar surface area (TPSA) is 57.2 Å². The van der Waals surface area contributed by atoms with Crippen molar-refractivity contribution >= 4 is 12.4 Å². The van der Waals surface area contributed by atoms with Crippen LogP contribution in [-0.4, -0.2) is 39.7 Å². The molecular formula is C9H13N5. The second-order valence-electron chi connectivity index (χ2n) is 3.22. The molecule has 0 aliphatic carbocycles. The van der Waals surface area contributed by atoms with Gasteiger partial charge in [-0.1, -0.05) is 0 Å². The van der Waals surface area contributed by atoms with E-state index in [0.29, 0.717) is 0 Å². The molecule has 0 unspecified atom stereocenters. The molecule has 0 amide bonds. The Bertz CT molecular complexity index is 308. The number of nitrogens with one attached hydrogen (secondary N) is 1. The molecule has 0 spiro atoms. The van der Waals surface area contributed by atoms with Crippen LogP contribution in [0.2, 0.25) is 0 Å². The summed E-state index contributed by atoms with van der Waals surface area (Å²) < 4.78 is 0. The maximum atomic E-state index is 4.17. The van der Waals surface area contributed by atoms with Gasteiger partial charge in [0.25, 0.3) is 0 Å². The molecule has 1 aromatic rings. The number of likely N-dealkylation sites (tertiary alicyclic amines) is 1. The lowest BCUT2D eigenvalue weighted by Gasteiger charge is -2.07. The molecule has 0 bridgehead atoms. The van der Waals surface area contributed by atoms with Gasteiger partial charge < -0.3 is 4.90 Å². The normalized spacial score (nSPS) is 17.6. The van der Waals surface area contributed by atoms with Gasteiger partial charge in [0, 0.05) is 19.3 Å². The van der Waals surface area contributed by atoms with Crippen LogP contribution in [-0.2, 0) is 0 Å². The molecule has 2 heterocycles. The van der Waals surface area contributed by atoms with Gasteiger partial charge in [-0.05, 0) is 18.9 Å². The summed E-state index contributed by atoms with van der Waals surface area (Å²) in [5, 5.41) is 10.1. The third-order valence-electron chi connectivity index (χ3n) is 2.14. The quantitative estimate of drug-likeness (QED) is 0.570. The van der Waals surface area contributed by atoms with E-state index < -0.39 is 0 Å². The Hall–Kier alpha value is -1.65. The molecular weight excluding hydrogens is 178 g/mol. The summed E-state index contributed by atoms with van der Waals surface area (Å²) >= 11 is 0. The molecule has 5 nitrogen and oxygen atoms in total. The Balaban J connectivity index is 1.81. The summed E-state index contributed by atoms with van der Waals surface area (Å²) in [6.45, 7) is 2.25. The Labute approximate surface area is 82.5 Å². The van der Waals surface area contributed by atoms with Crippen LogP contribution in [0.15, 0.2) is 17.4 Å². The number of hydrogen-bond donors (Lipinski definition) is 1. The fraction of sp³-hybridized carbons (Fsp3) is 0.444. The van der Waals surface area contributed by atoms with Crippen LogP contribution in [0, 0.1) is 0 Å². The van der Waals surface area contributed by atoms with E-state index in [1.54, 1.807) is 12.4 Å².